The molecule has 2 aliphatic carbocycles. The lowest BCUT2D eigenvalue weighted by atomic mass is 9.52. The molecule has 0 aromatic heterocycles. The first-order chi connectivity index (χ1) is 37.7. The normalized spacial score (nSPS) is 14.5. The zero-order chi connectivity index (χ0) is 50.5. The fourth-order valence-corrected chi connectivity index (χ4v) is 12.8. The Labute approximate surface area is 445 Å². The number of benzene rings is 12. The van der Waals surface area contributed by atoms with E-state index in [2.05, 4.69) is 325 Å². The van der Waals surface area contributed by atoms with Gasteiger partial charge in [-0.1, -0.05) is 243 Å². The van der Waals surface area contributed by atoms with Gasteiger partial charge in [0.15, 0.2) is 0 Å². The maximum absolute atomic E-state index is 2.43. The second-order valence-electron chi connectivity index (χ2n) is 19.9. The highest BCUT2D eigenvalue weighted by Gasteiger charge is 2.57. The van der Waals surface area contributed by atoms with Gasteiger partial charge in [0.25, 0.3) is 0 Å². The van der Waals surface area contributed by atoms with Crippen LogP contribution in [0.15, 0.2) is 315 Å². The SMILES string of the molecule is c1ccc(-c2ccc(N(c3ccccc3)c3ccc(C4(c5ccc(N(c6ccccc6)c6ccc(-c7ccccc7)cc6)cc5)c5ccccc5C5(c6ccccc6)c6ccccc6-c6cccc4c65)cc3)cc2)cc1. The Bertz CT molecular complexity index is 3820. The largest absolute Gasteiger partial charge is 0.311 e. The van der Waals surface area contributed by atoms with Gasteiger partial charge in [-0.25, -0.2) is 0 Å². The molecule has 0 N–H and O–H groups in total. The van der Waals surface area contributed by atoms with Crippen molar-refractivity contribution in [2.75, 3.05) is 9.80 Å². The zero-order valence-corrected chi connectivity index (χ0v) is 41.9. The van der Waals surface area contributed by atoms with Crippen LogP contribution in [0, 0.1) is 0 Å². The van der Waals surface area contributed by atoms with E-state index in [1.54, 1.807) is 0 Å². The number of fused-ring (bicyclic) bond motifs is 5. The highest BCUT2D eigenvalue weighted by Crippen LogP contribution is 2.66. The van der Waals surface area contributed by atoms with Crippen molar-refractivity contribution in [2.45, 2.75) is 10.8 Å². The fourth-order valence-electron chi connectivity index (χ4n) is 12.8. The van der Waals surface area contributed by atoms with Crippen molar-refractivity contribution < 1.29 is 0 Å². The molecule has 1 unspecified atom stereocenters. The maximum Gasteiger partial charge on any atom is 0.0720 e. The van der Waals surface area contributed by atoms with Crippen molar-refractivity contribution in [1.82, 2.24) is 0 Å². The molecule has 0 heterocycles. The smallest absolute Gasteiger partial charge is 0.0720 e. The Morgan fingerprint density at radius 3 is 0.947 bits per heavy atom. The summed E-state index contributed by atoms with van der Waals surface area (Å²) in [5.74, 6) is 0. The number of nitrogens with zero attached hydrogens (tertiary/aromatic N) is 2. The number of para-hydroxylation sites is 2. The van der Waals surface area contributed by atoms with Crippen LogP contribution < -0.4 is 9.80 Å². The van der Waals surface area contributed by atoms with Crippen molar-refractivity contribution in [2.24, 2.45) is 0 Å². The average molecular weight is 969 g/mol. The van der Waals surface area contributed by atoms with Crippen LogP contribution in [0.1, 0.15) is 44.5 Å². The average Bonchev–Trinajstić information content (AvgIpc) is 4.04. The van der Waals surface area contributed by atoms with Crippen LogP contribution in [-0.2, 0) is 10.8 Å². The van der Waals surface area contributed by atoms with Gasteiger partial charge in [-0.15, -0.1) is 0 Å². The minimum absolute atomic E-state index is 0.546. The van der Waals surface area contributed by atoms with E-state index in [1.807, 2.05) is 0 Å². The van der Waals surface area contributed by atoms with Crippen LogP contribution in [0.4, 0.5) is 34.1 Å². The molecular formula is C74H52N2. The second kappa shape index (κ2) is 18.6. The lowest BCUT2D eigenvalue weighted by Crippen LogP contribution is -2.44. The number of anilines is 6. The summed E-state index contributed by atoms with van der Waals surface area (Å²) in [6.45, 7) is 0. The van der Waals surface area contributed by atoms with Gasteiger partial charge in [-0.05, 0) is 151 Å². The first kappa shape index (κ1) is 44.9. The molecule has 0 spiro atoms. The van der Waals surface area contributed by atoms with E-state index in [-0.39, 0.29) is 0 Å². The summed E-state index contributed by atoms with van der Waals surface area (Å²) in [6.07, 6.45) is 0. The van der Waals surface area contributed by atoms with E-state index in [9.17, 15) is 0 Å². The van der Waals surface area contributed by atoms with E-state index < -0.39 is 10.8 Å². The summed E-state index contributed by atoms with van der Waals surface area (Å²) < 4.78 is 0. The van der Waals surface area contributed by atoms with E-state index in [0.29, 0.717) is 0 Å². The van der Waals surface area contributed by atoms with Gasteiger partial charge in [0.1, 0.15) is 0 Å². The molecule has 1 atom stereocenters. The topological polar surface area (TPSA) is 6.48 Å². The Morgan fingerprint density at radius 2 is 0.487 bits per heavy atom. The predicted octanol–water partition coefficient (Wildman–Crippen LogP) is 19.0. The molecular weight excluding hydrogens is 917 g/mol. The van der Waals surface area contributed by atoms with Gasteiger partial charge in [0.05, 0.1) is 10.8 Å². The molecule has 0 amide bonds. The lowest BCUT2D eigenvalue weighted by Gasteiger charge is -2.49. The molecule has 14 rings (SSSR count). The first-order valence-electron chi connectivity index (χ1n) is 26.3. The molecule has 12 aromatic carbocycles. The van der Waals surface area contributed by atoms with E-state index in [1.165, 1.54) is 77.9 Å². The van der Waals surface area contributed by atoms with E-state index in [4.69, 9.17) is 0 Å². The highest BCUT2D eigenvalue weighted by atomic mass is 15.1. The van der Waals surface area contributed by atoms with Crippen molar-refractivity contribution in [3.63, 3.8) is 0 Å². The first-order valence-corrected chi connectivity index (χ1v) is 26.3. The van der Waals surface area contributed by atoms with Gasteiger partial charge in [-0.3, -0.25) is 0 Å². The highest BCUT2D eigenvalue weighted by molar-refractivity contribution is 5.92. The van der Waals surface area contributed by atoms with Gasteiger partial charge < -0.3 is 9.80 Å². The molecule has 2 heteroatoms. The van der Waals surface area contributed by atoms with Crippen molar-refractivity contribution in [3.8, 4) is 33.4 Å². The Balaban J connectivity index is 0.983. The number of hydrogen-bond donors (Lipinski definition) is 0. The summed E-state index contributed by atoms with van der Waals surface area (Å²) in [7, 11) is 0. The molecule has 2 nitrogen and oxygen atoms in total. The van der Waals surface area contributed by atoms with E-state index in [0.717, 1.165) is 34.1 Å². The quantitative estimate of drug-likeness (QED) is 0.127. The summed E-state index contributed by atoms with van der Waals surface area (Å²) in [6, 6.07) is 116. The number of rotatable bonds is 11. The Hall–Kier alpha value is -9.76. The van der Waals surface area contributed by atoms with Crippen LogP contribution in [0.3, 0.4) is 0 Å². The molecule has 2 aliphatic rings. The zero-order valence-electron chi connectivity index (χ0n) is 41.9. The summed E-state index contributed by atoms with van der Waals surface area (Å²) in [5, 5.41) is 0. The third-order valence-electron chi connectivity index (χ3n) is 16.0. The van der Waals surface area contributed by atoms with Crippen LogP contribution in [0.5, 0.6) is 0 Å². The monoisotopic (exact) mass is 968 g/mol. The molecule has 12 aromatic rings. The molecule has 358 valence electrons. The van der Waals surface area contributed by atoms with Gasteiger partial charge in [0.2, 0.25) is 0 Å². The third-order valence-corrected chi connectivity index (χ3v) is 16.0. The summed E-state index contributed by atoms with van der Waals surface area (Å²) >= 11 is 0. The minimum Gasteiger partial charge on any atom is -0.311 e. The number of hydrogen-bond acceptors (Lipinski definition) is 2. The second-order valence-corrected chi connectivity index (χ2v) is 19.9. The minimum atomic E-state index is -0.733. The van der Waals surface area contributed by atoms with Crippen LogP contribution in [0.25, 0.3) is 33.4 Å². The maximum atomic E-state index is 2.43. The van der Waals surface area contributed by atoms with Crippen molar-refractivity contribution in [3.05, 3.63) is 360 Å². The predicted molar refractivity (Wildman–Crippen MR) is 316 cm³/mol. The molecule has 0 bridgehead atoms. The summed E-state index contributed by atoms with van der Waals surface area (Å²) in [5.41, 5.74) is 22.8. The van der Waals surface area contributed by atoms with Crippen LogP contribution in [0.2, 0.25) is 0 Å². The van der Waals surface area contributed by atoms with Gasteiger partial charge >= 0.3 is 0 Å². The summed E-state index contributed by atoms with van der Waals surface area (Å²) in [4.78, 5) is 4.74. The molecule has 0 fully saturated rings. The molecule has 0 saturated carbocycles. The molecule has 0 saturated heterocycles. The van der Waals surface area contributed by atoms with E-state index >= 15 is 0 Å². The third kappa shape index (κ3) is 7.10. The van der Waals surface area contributed by atoms with Gasteiger partial charge in [0, 0.05) is 34.1 Å². The van der Waals surface area contributed by atoms with Crippen LogP contribution in [-0.4, -0.2) is 0 Å². The molecule has 0 radical (unpaired) electrons. The molecule has 76 heavy (non-hydrogen) atoms. The lowest BCUT2D eigenvalue weighted by molar-refractivity contribution is 0.627. The van der Waals surface area contributed by atoms with Crippen molar-refractivity contribution >= 4 is 34.1 Å². The Morgan fingerprint density at radius 1 is 0.184 bits per heavy atom. The Kier molecular flexibility index (Phi) is 11.0. The van der Waals surface area contributed by atoms with Gasteiger partial charge in [-0.2, -0.15) is 0 Å². The molecule has 0 aliphatic heterocycles. The fraction of sp³-hybridized carbons (Fsp3) is 0.0270. The standard InChI is InChI=1S/C74H52N2/c1-6-21-53(22-7-1)55-37-45-62(46-38-55)75(60-27-12-4-13-28-60)64-49-41-58(42-50-64)73(59-43-51-65(52-44-59)76(61-29-14-5-15-30-61)63-47-39-56(40-48-63)54-23-8-2-9-24-54)69-34-18-19-35-70(69)74(57-25-10-3-11-26-57)68-33-17-16-31-66(68)67-32-20-36-71(73)72(67)74/h1-52H. The van der Waals surface area contributed by atoms with Crippen LogP contribution >= 0.6 is 0 Å². The van der Waals surface area contributed by atoms with Crippen molar-refractivity contribution in [1.29, 1.82) is 0 Å².